The van der Waals surface area contributed by atoms with Gasteiger partial charge < -0.3 is 0 Å². The smallest absolute Gasteiger partial charge is 0.295 e. The van der Waals surface area contributed by atoms with Gasteiger partial charge in [-0.1, -0.05) is 0 Å². The molecular formula is C10H9F3N2OS. The van der Waals surface area contributed by atoms with Gasteiger partial charge in [0.25, 0.3) is 5.56 Å². The minimum Gasteiger partial charge on any atom is -0.295 e. The van der Waals surface area contributed by atoms with Crippen LogP contribution in [0.5, 0.6) is 0 Å². The second-order valence-corrected chi connectivity index (χ2v) is 4.95. The van der Waals surface area contributed by atoms with Gasteiger partial charge in [0, 0.05) is 12.6 Å². The molecule has 2 aromatic heterocycles. The highest BCUT2D eigenvalue weighted by Crippen LogP contribution is 2.38. The molecule has 92 valence electrons. The molecule has 0 aromatic carbocycles. The van der Waals surface area contributed by atoms with Crippen LogP contribution in [-0.4, -0.2) is 9.55 Å². The molecule has 2 heterocycles. The molecule has 3 nitrogen and oxygen atoms in total. The summed E-state index contributed by atoms with van der Waals surface area (Å²) in [6.07, 6.45) is -4.53. The van der Waals surface area contributed by atoms with Gasteiger partial charge in [-0.15, -0.1) is 11.3 Å². The maximum Gasteiger partial charge on any atom is 0.418 e. The maximum absolute atomic E-state index is 12.9. The Morgan fingerprint density at radius 2 is 1.88 bits per heavy atom. The van der Waals surface area contributed by atoms with Crippen molar-refractivity contribution in [3.8, 4) is 0 Å². The predicted octanol–water partition coefficient (Wildman–Crippen LogP) is 2.63. The standard InChI is InChI=1S/C10H9F3N2OS/c1-4-6(10(11,12)13)7-8(14-5(2)17-7)15(3)9(4)16/h1-3H3. The van der Waals surface area contributed by atoms with Crippen molar-refractivity contribution in [3.05, 3.63) is 26.5 Å². The first kappa shape index (κ1) is 12.1. The third-order valence-electron chi connectivity index (χ3n) is 2.54. The molecule has 17 heavy (non-hydrogen) atoms. The van der Waals surface area contributed by atoms with Crippen molar-refractivity contribution in [1.29, 1.82) is 0 Å². The lowest BCUT2D eigenvalue weighted by Gasteiger charge is -2.12. The van der Waals surface area contributed by atoms with E-state index in [2.05, 4.69) is 4.98 Å². The van der Waals surface area contributed by atoms with Crippen LogP contribution < -0.4 is 5.56 Å². The third-order valence-corrected chi connectivity index (χ3v) is 3.52. The molecule has 7 heteroatoms. The lowest BCUT2D eigenvalue weighted by molar-refractivity contribution is -0.136. The number of thiazole rings is 1. The summed E-state index contributed by atoms with van der Waals surface area (Å²) >= 11 is 0.952. The second kappa shape index (κ2) is 3.56. The molecule has 0 aliphatic heterocycles. The first-order chi connectivity index (χ1) is 7.73. The molecule has 0 saturated carbocycles. The van der Waals surface area contributed by atoms with Crippen molar-refractivity contribution >= 4 is 21.7 Å². The van der Waals surface area contributed by atoms with E-state index in [0.29, 0.717) is 5.01 Å². The minimum atomic E-state index is -4.53. The summed E-state index contributed by atoms with van der Waals surface area (Å²) < 4.78 is 40.0. The molecule has 0 saturated heterocycles. The Hall–Kier alpha value is -1.37. The topological polar surface area (TPSA) is 34.9 Å². The number of rotatable bonds is 0. The molecule has 0 N–H and O–H groups in total. The van der Waals surface area contributed by atoms with Gasteiger partial charge in [0.2, 0.25) is 0 Å². The van der Waals surface area contributed by atoms with E-state index in [1.54, 1.807) is 6.92 Å². The molecule has 2 aromatic rings. The summed E-state index contributed by atoms with van der Waals surface area (Å²) in [5, 5.41) is 0.506. The third kappa shape index (κ3) is 1.74. The van der Waals surface area contributed by atoms with Gasteiger partial charge in [-0.3, -0.25) is 9.36 Å². The summed E-state index contributed by atoms with van der Waals surface area (Å²) in [5.41, 5.74) is -1.71. The number of fused-ring (bicyclic) bond motifs is 1. The van der Waals surface area contributed by atoms with Gasteiger partial charge in [0.1, 0.15) is 0 Å². The van der Waals surface area contributed by atoms with Crippen LogP contribution in [0.3, 0.4) is 0 Å². The van der Waals surface area contributed by atoms with Gasteiger partial charge in [0.15, 0.2) is 5.65 Å². The zero-order valence-electron chi connectivity index (χ0n) is 9.34. The molecule has 0 atom stereocenters. The Kier molecular flexibility index (Phi) is 2.53. The number of aryl methyl sites for hydroxylation is 2. The van der Waals surface area contributed by atoms with E-state index >= 15 is 0 Å². The summed E-state index contributed by atoms with van der Waals surface area (Å²) in [6.45, 7) is 2.81. The largest absolute Gasteiger partial charge is 0.418 e. The van der Waals surface area contributed by atoms with Crippen LogP contribution in [0.2, 0.25) is 0 Å². The average Bonchev–Trinajstić information content (AvgIpc) is 2.54. The van der Waals surface area contributed by atoms with Crippen LogP contribution in [0.15, 0.2) is 4.79 Å². The molecule has 0 aliphatic carbocycles. The summed E-state index contributed by atoms with van der Waals surface area (Å²) in [4.78, 5) is 15.7. The molecule has 0 spiro atoms. The van der Waals surface area contributed by atoms with Crippen LogP contribution in [0, 0.1) is 13.8 Å². The quantitative estimate of drug-likeness (QED) is 0.731. The van der Waals surface area contributed by atoms with Crippen LogP contribution in [-0.2, 0) is 13.2 Å². The Balaban J connectivity index is 3.06. The summed E-state index contributed by atoms with van der Waals surface area (Å²) in [7, 11) is 1.43. The van der Waals surface area contributed by atoms with Crippen molar-refractivity contribution in [2.24, 2.45) is 7.05 Å². The van der Waals surface area contributed by atoms with Crippen LogP contribution in [0.4, 0.5) is 13.2 Å². The molecule has 0 fully saturated rings. The van der Waals surface area contributed by atoms with Crippen molar-refractivity contribution in [2.75, 3.05) is 0 Å². The monoisotopic (exact) mass is 262 g/mol. The number of aromatic nitrogens is 2. The molecular weight excluding hydrogens is 253 g/mol. The Labute approximate surface area is 98.5 Å². The molecule has 0 radical (unpaired) electrons. The highest BCUT2D eigenvalue weighted by molar-refractivity contribution is 7.18. The Bertz CT molecular complexity index is 654. The number of pyridine rings is 1. The van der Waals surface area contributed by atoms with E-state index in [-0.39, 0.29) is 15.9 Å². The molecule has 0 aliphatic rings. The normalized spacial score (nSPS) is 12.4. The van der Waals surface area contributed by atoms with Gasteiger partial charge in [-0.25, -0.2) is 4.98 Å². The van der Waals surface area contributed by atoms with Crippen molar-refractivity contribution in [1.82, 2.24) is 9.55 Å². The second-order valence-electron chi connectivity index (χ2n) is 3.75. The maximum atomic E-state index is 12.9. The van der Waals surface area contributed by atoms with E-state index < -0.39 is 17.3 Å². The number of hydrogen-bond acceptors (Lipinski definition) is 3. The first-order valence-corrected chi connectivity index (χ1v) is 5.59. The minimum absolute atomic E-state index is 0.0228. The predicted molar refractivity (Wildman–Crippen MR) is 59.3 cm³/mol. The Morgan fingerprint density at radius 3 is 2.41 bits per heavy atom. The van der Waals surface area contributed by atoms with Crippen LogP contribution in [0.1, 0.15) is 16.1 Å². The van der Waals surface area contributed by atoms with E-state index in [1.165, 1.54) is 14.0 Å². The molecule has 2 rings (SSSR count). The summed E-state index contributed by atoms with van der Waals surface area (Å²) in [6, 6.07) is 0. The van der Waals surface area contributed by atoms with Gasteiger partial charge >= 0.3 is 6.18 Å². The Morgan fingerprint density at radius 1 is 1.29 bits per heavy atom. The fraction of sp³-hybridized carbons (Fsp3) is 0.400. The zero-order valence-corrected chi connectivity index (χ0v) is 10.2. The van der Waals surface area contributed by atoms with E-state index in [9.17, 15) is 18.0 Å². The lowest BCUT2D eigenvalue weighted by Crippen LogP contribution is -2.24. The summed E-state index contributed by atoms with van der Waals surface area (Å²) in [5.74, 6) is 0. The zero-order chi connectivity index (χ0) is 13.0. The van der Waals surface area contributed by atoms with Gasteiger partial charge in [-0.05, 0) is 13.8 Å². The fourth-order valence-electron chi connectivity index (χ4n) is 1.77. The first-order valence-electron chi connectivity index (χ1n) is 4.77. The average molecular weight is 262 g/mol. The highest BCUT2D eigenvalue weighted by atomic mass is 32.1. The van der Waals surface area contributed by atoms with E-state index in [4.69, 9.17) is 0 Å². The van der Waals surface area contributed by atoms with Gasteiger partial charge in [0.05, 0.1) is 15.3 Å². The number of hydrogen-bond donors (Lipinski definition) is 0. The molecule has 0 bridgehead atoms. The number of halogens is 3. The lowest BCUT2D eigenvalue weighted by atomic mass is 10.1. The highest BCUT2D eigenvalue weighted by Gasteiger charge is 2.37. The van der Waals surface area contributed by atoms with Gasteiger partial charge in [-0.2, -0.15) is 13.2 Å². The van der Waals surface area contributed by atoms with Crippen molar-refractivity contribution in [3.63, 3.8) is 0 Å². The molecule has 0 amide bonds. The fourth-order valence-corrected chi connectivity index (χ4v) is 2.84. The van der Waals surface area contributed by atoms with E-state index in [0.717, 1.165) is 15.9 Å². The van der Waals surface area contributed by atoms with Crippen molar-refractivity contribution in [2.45, 2.75) is 20.0 Å². The van der Waals surface area contributed by atoms with E-state index in [1.807, 2.05) is 0 Å². The van der Waals surface area contributed by atoms with Crippen LogP contribution >= 0.6 is 11.3 Å². The number of alkyl halides is 3. The molecule has 0 unspecified atom stereocenters. The number of nitrogens with zero attached hydrogens (tertiary/aromatic N) is 2. The van der Waals surface area contributed by atoms with Crippen LogP contribution in [0.25, 0.3) is 10.3 Å². The van der Waals surface area contributed by atoms with Crippen molar-refractivity contribution < 1.29 is 13.2 Å². The SMILES string of the molecule is Cc1nc2c(s1)c(C(F)(F)F)c(C)c(=O)n2C.